The van der Waals surface area contributed by atoms with Crippen LogP contribution in [0.15, 0.2) is 18.3 Å². The van der Waals surface area contributed by atoms with Crippen molar-refractivity contribution in [1.29, 1.82) is 0 Å². The highest BCUT2D eigenvalue weighted by Crippen LogP contribution is 2.38. The van der Waals surface area contributed by atoms with Crippen LogP contribution in [0.4, 0.5) is 4.79 Å². The van der Waals surface area contributed by atoms with Gasteiger partial charge in [-0.2, -0.15) is 0 Å². The standard InChI is InChI=1S/C18H24N2O5/c1-18(2,3)25-17(23)20-11-6-7-12(20)10-13(9-11)24-15-14(16(21)22)5-4-8-19-15/h4-5,8,11-13H,6-7,9-10H2,1-3H3,(H,21,22)/t11-,12+,13?. The molecule has 7 nitrogen and oxygen atoms in total. The predicted octanol–water partition coefficient (Wildman–Crippen LogP) is 3.09. The second kappa shape index (κ2) is 6.54. The average Bonchev–Trinajstić information content (AvgIpc) is 2.78. The first-order valence-corrected chi connectivity index (χ1v) is 8.61. The first kappa shape index (κ1) is 17.5. The first-order valence-electron chi connectivity index (χ1n) is 8.61. The molecule has 25 heavy (non-hydrogen) atoms. The Kier molecular flexibility index (Phi) is 4.58. The molecule has 2 bridgehead atoms. The van der Waals surface area contributed by atoms with Gasteiger partial charge in [0.2, 0.25) is 5.88 Å². The molecule has 2 aliphatic rings. The number of rotatable bonds is 3. The van der Waals surface area contributed by atoms with Crippen LogP contribution in [0.5, 0.6) is 5.88 Å². The van der Waals surface area contributed by atoms with Crippen LogP contribution in [-0.4, -0.2) is 50.8 Å². The van der Waals surface area contributed by atoms with Crippen molar-refractivity contribution >= 4 is 12.1 Å². The molecule has 3 atom stereocenters. The van der Waals surface area contributed by atoms with Gasteiger partial charge in [0.05, 0.1) is 0 Å². The molecule has 3 rings (SSSR count). The van der Waals surface area contributed by atoms with Crippen LogP contribution >= 0.6 is 0 Å². The molecular formula is C18H24N2O5. The number of aromatic nitrogens is 1. The fourth-order valence-corrected chi connectivity index (χ4v) is 3.64. The molecule has 2 fully saturated rings. The quantitative estimate of drug-likeness (QED) is 0.903. The van der Waals surface area contributed by atoms with Crippen molar-refractivity contribution < 1.29 is 24.2 Å². The minimum absolute atomic E-state index is 0.0596. The summed E-state index contributed by atoms with van der Waals surface area (Å²) in [5.74, 6) is -0.914. The summed E-state index contributed by atoms with van der Waals surface area (Å²) in [5.41, 5.74) is -0.460. The highest BCUT2D eigenvalue weighted by atomic mass is 16.6. The van der Waals surface area contributed by atoms with Crippen molar-refractivity contribution in [1.82, 2.24) is 9.88 Å². The third kappa shape index (κ3) is 3.86. The Morgan fingerprint density at radius 3 is 2.44 bits per heavy atom. The van der Waals surface area contributed by atoms with Crippen molar-refractivity contribution in [3.8, 4) is 5.88 Å². The number of piperidine rings is 1. The summed E-state index contributed by atoms with van der Waals surface area (Å²) in [4.78, 5) is 29.6. The number of aromatic carboxylic acids is 1. The predicted molar refractivity (Wildman–Crippen MR) is 89.7 cm³/mol. The van der Waals surface area contributed by atoms with E-state index in [9.17, 15) is 14.7 Å². The summed E-state index contributed by atoms with van der Waals surface area (Å²) in [6.45, 7) is 5.57. The third-order valence-electron chi connectivity index (χ3n) is 4.57. The van der Waals surface area contributed by atoms with E-state index in [1.807, 2.05) is 25.7 Å². The van der Waals surface area contributed by atoms with E-state index in [4.69, 9.17) is 9.47 Å². The Balaban J connectivity index is 1.68. The number of hydrogen-bond acceptors (Lipinski definition) is 5. The van der Waals surface area contributed by atoms with Gasteiger partial charge in [0.25, 0.3) is 0 Å². The smallest absolute Gasteiger partial charge is 0.410 e. The van der Waals surface area contributed by atoms with E-state index >= 15 is 0 Å². The summed E-state index contributed by atoms with van der Waals surface area (Å²) in [5, 5.41) is 9.25. The van der Waals surface area contributed by atoms with E-state index < -0.39 is 11.6 Å². The SMILES string of the molecule is CC(C)(C)OC(=O)N1[C@@H]2CC[C@H]1CC(Oc1ncccc1C(=O)O)C2. The Morgan fingerprint density at radius 1 is 1.24 bits per heavy atom. The van der Waals surface area contributed by atoms with Gasteiger partial charge < -0.3 is 19.5 Å². The number of carboxylic acid groups (broad SMARTS) is 1. The monoisotopic (exact) mass is 348 g/mol. The second-order valence-corrected chi connectivity index (χ2v) is 7.65. The van der Waals surface area contributed by atoms with Crippen molar-refractivity contribution in [2.45, 2.75) is 70.2 Å². The Morgan fingerprint density at radius 2 is 1.88 bits per heavy atom. The van der Waals surface area contributed by atoms with Crippen LogP contribution in [0.2, 0.25) is 0 Å². The Bertz CT molecular complexity index is 656. The van der Waals surface area contributed by atoms with Gasteiger partial charge in [-0.1, -0.05) is 0 Å². The molecule has 2 saturated heterocycles. The molecule has 1 amide bonds. The maximum Gasteiger partial charge on any atom is 0.410 e. The summed E-state index contributed by atoms with van der Waals surface area (Å²) < 4.78 is 11.4. The molecule has 0 radical (unpaired) electrons. The minimum Gasteiger partial charge on any atom is -0.477 e. The number of amides is 1. The van der Waals surface area contributed by atoms with E-state index in [0.29, 0.717) is 12.8 Å². The number of carbonyl (C=O) groups excluding carboxylic acids is 1. The molecule has 0 spiro atoms. The number of pyridine rings is 1. The van der Waals surface area contributed by atoms with E-state index in [-0.39, 0.29) is 35.7 Å². The van der Waals surface area contributed by atoms with Crippen LogP contribution in [0.3, 0.4) is 0 Å². The zero-order chi connectivity index (χ0) is 18.2. The number of carboxylic acids is 1. The number of ether oxygens (including phenoxy) is 2. The zero-order valence-corrected chi connectivity index (χ0v) is 14.8. The van der Waals surface area contributed by atoms with Crippen LogP contribution in [0.25, 0.3) is 0 Å². The third-order valence-corrected chi connectivity index (χ3v) is 4.57. The molecule has 0 aromatic carbocycles. The van der Waals surface area contributed by atoms with Gasteiger partial charge in [-0.15, -0.1) is 0 Å². The first-order chi connectivity index (χ1) is 11.7. The second-order valence-electron chi connectivity index (χ2n) is 7.65. The lowest BCUT2D eigenvalue weighted by Gasteiger charge is -2.39. The van der Waals surface area contributed by atoms with Gasteiger partial charge in [0, 0.05) is 31.1 Å². The van der Waals surface area contributed by atoms with Crippen LogP contribution in [0, 0.1) is 0 Å². The molecular weight excluding hydrogens is 324 g/mol. The topological polar surface area (TPSA) is 89.0 Å². The number of fused-ring (bicyclic) bond motifs is 2. The van der Waals surface area contributed by atoms with Gasteiger partial charge in [-0.05, 0) is 45.7 Å². The molecule has 7 heteroatoms. The maximum atomic E-state index is 12.5. The average molecular weight is 348 g/mol. The van der Waals surface area contributed by atoms with Gasteiger partial charge in [0.1, 0.15) is 17.3 Å². The van der Waals surface area contributed by atoms with Crippen molar-refractivity contribution in [3.63, 3.8) is 0 Å². The zero-order valence-electron chi connectivity index (χ0n) is 14.8. The van der Waals surface area contributed by atoms with Crippen molar-refractivity contribution in [3.05, 3.63) is 23.9 Å². The van der Waals surface area contributed by atoms with Gasteiger partial charge >= 0.3 is 12.1 Å². The van der Waals surface area contributed by atoms with Gasteiger partial charge in [-0.25, -0.2) is 14.6 Å². The fraction of sp³-hybridized carbons (Fsp3) is 0.611. The molecule has 136 valence electrons. The van der Waals surface area contributed by atoms with E-state index in [1.165, 1.54) is 12.3 Å². The summed E-state index contributed by atoms with van der Waals surface area (Å²) in [7, 11) is 0. The summed E-state index contributed by atoms with van der Waals surface area (Å²) >= 11 is 0. The molecule has 1 aromatic heterocycles. The molecule has 0 saturated carbocycles. The van der Waals surface area contributed by atoms with Crippen LogP contribution < -0.4 is 4.74 Å². The van der Waals surface area contributed by atoms with Crippen molar-refractivity contribution in [2.75, 3.05) is 0 Å². The molecule has 3 heterocycles. The van der Waals surface area contributed by atoms with E-state index in [0.717, 1.165) is 12.8 Å². The lowest BCUT2D eigenvalue weighted by Crippen LogP contribution is -2.50. The number of hydrogen-bond donors (Lipinski definition) is 1. The highest BCUT2D eigenvalue weighted by Gasteiger charge is 2.45. The van der Waals surface area contributed by atoms with Gasteiger partial charge in [0.15, 0.2) is 0 Å². The Hall–Kier alpha value is -2.31. The largest absolute Gasteiger partial charge is 0.477 e. The summed E-state index contributed by atoms with van der Waals surface area (Å²) in [6, 6.07) is 3.19. The van der Waals surface area contributed by atoms with E-state index in [1.54, 1.807) is 6.07 Å². The van der Waals surface area contributed by atoms with Gasteiger partial charge in [-0.3, -0.25) is 0 Å². The number of carbonyl (C=O) groups is 2. The lowest BCUT2D eigenvalue weighted by molar-refractivity contribution is -0.00768. The maximum absolute atomic E-state index is 12.5. The minimum atomic E-state index is -1.06. The summed E-state index contributed by atoms with van der Waals surface area (Å²) in [6.07, 6.45) is 4.24. The normalized spacial score (nSPS) is 25.6. The highest BCUT2D eigenvalue weighted by molar-refractivity contribution is 5.90. The molecule has 1 aromatic rings. The van der Waals surface area contributed by atoms with E-state index in [2.05, 4.69) is 4.98 Å². The molecule has 0 aliphatic carbocycles. The Labute approximate surface area is 146 Å². The molecule has 1 N–H and O–H groups in total. The number of nitrogens with zero attached hydrogens (tertiary/aromatic N) is 2. The lowest BCUT2D eigenvalue weighted by atomic mass is 10.00. The van der Waals surface area contributed by atoms with Crippen LogP contribution in [0.1, 0.15) is 56.8 Å². The molecule has 1 unspecified atom stereocenters. The van der Waals surface area contributed by atoms with Crippen molar-refractivity contribution in [2.24, 2.45) is 0 Å². The molecule has 2 aliphatic heterocycles. The van der Waals surface area contributed by atoms with Crippen LogP contribution in [-0.2, 0) is 4.74 Å². The fourth-order valence-electron chi connectivity index (χ4n) is 3.64.